The molecule has 4 heteroatoms. The summed E-state index contributed by atoms with van der Waals surface area (Å²) in [6.45, 7) is 9.18. The molecule has 2 amide bonds. The average molecular weight is 471 g/mol. The van der Waals surface area contributed by atoms with Gasteiger partial charge in [0.2, 0.25) is 11.8 Å². The van der Waals surface area contributed by atoms with E-state index in [1.54, 1.807) is 4.90 Å². The van der Waals surface area contributed by atoms with Crippen LogP contribution in [0, 0.1) is 12.8 Å². The summed E-state index contributed by atoms with van der Waals surface area (Å²) in [4.78, 5) is 29.0. The second-order valence-corrected chi connectivity index (χ2v) is 9.59. The van der Waals surface area contributed by atoms with E-state index in [1.807, 2.05) is 61.5 Å². The number of nitrogens with one attached hydrogen (secondary N) is 1. The van der Waals surface area contributed by atoms with Gasteiger partial charge >= 0.3 is 0 Å². The van der Waals surface area contributed by atoms with Crippen molar-refractivity contribution < 1.29 is 9.59 Å². The molecule has 4 nitrogen and oxygen atoms in total. The van der Waals surface area contributed by atoms with Crippen LogP contribution >= 0.6 is 0 Å². The van der Waals surface area contributed by atoms with Crippen molar-refractivity contribution in [2.45, 2.75) is 59.0 Å². The number of benzene rings is 3. The van der Waals surface area contributed by atoms with Crippen LogP contribution in [0.5, 0.6) is 0 Å². The van der Waals surface area contributed by atoms with Gasteiger partial charge in [-0.3, -0.25) is 9.59 Å². The highest BCUT2D eigenvalue weighted by Crippen LogP contribution is 2.30. The van der Waals surface area contributed by atoms with E-state index in [0.717, 1.165) is 22.3 Å². The summed E-state index contributed by atoms with van der Waals surface area (Å²) in [5, 5.41) is 3.05. The number of hydrogen-bond donors (Lipinski definition) is 1. The Hall–Kier alpha value is -3.40. The van der Waals surface area contributed by atoms with Gasteiger partial charge in [0.15, 0.2) is 0 Å². The summed E-state index contributed by atoms with van der Waals surface area (Å²) in [5.74, 6) is 0.162. The molecule has 1 atom stereocenters. The first-order chi connectivity index (χ1) is 16.9. The Kier molecular flexibility index (Phi) is 9.66. The van der Waals surface area contributed by atoms with Crippen LogP contribution in [0.1, 0.15) is 61.8 Å². The maximum absolute atomic E-state index is 14.0. The molecule has 3 aromatic rings. The van der Waals surface area contributed by atoms with Crippen molar-refractivity contribution in [1.82, 2.24) is 10.2 Å². The van der Waals surface area contributed by atoms with E-state index in [-0.39, 0.29) is 17.7 Å². The Morgan fingerprint density at radius 3 is 1.89 bits per heavy atom. The molecule has 0 aliphatic carbocycles. The molecule has 0 fully saturated rings. The molecule has 0 radical (unpaired) electrons. The molecule has 3 aromatic carbocycles. The maximum Gasteiger partial charge on any atom is 0.242 e. The molecule has 0 aliphatic rings. The molecule has 0 bridgehead atoms. The number of aryl methyl sites for hydroxylation is 1. The van der Waals surface area contributed by atoms with Gasteiger partial charge < -0.3 is 10.2 Å². The Morgan fingerprint density at radius 2 is 1.37 bits per heavy atom. The zero-order valence-corrected chi connectivity index (χ0v) is 21.4. The summed E-state index contributed by atoms with van der Waals surface area (Å²) in [7, 11) is 0. The van der Waals surface area contributed by atoms with E-state index in [4.69, 9.17) is 0 Å². The fourth-order valence-electron chi connectivity index (χ4n) is 4.40. The quantitative estimate of drug-likeness (QED) is 0.368. The van der Waals surface area contributed by atoms with Crippen LogP contribution in [-0.4, -0.2) is 29.3 Å². The minimum Gasteiger partial charge on any atom is -0.354 e. The van der Waals surface area contributed by atoms with E-state index in [9.17, 15) is 9.59 Å². The Bertz CT molecular complexity index is 1040. The fourth-order valence-corrected chi connectivity index (χ4v) is 4.40. The Labute approximate surface area is 210 Å². The van der Waals surface area contributed by atoms with Crippen LogP contribution in [0.25, 0.3) is 0 Å². The largest absolute Gasteiger partial charge is 0.354 e. The van der Waals surface area contributed by atoms with Gasteiger partial charge in [0.1, 0.15) is 6.04 Å². The predicted molar refractivity (Wildman–Crippen MR) is 143 cm³/mol. The maximum atomic E-state index is 14.0. The topological polar surface area (TPSA) is 49.4 Å². The standard InChI is InChI=1S/C31H38N2O2/c1-5-29(31(35)32-21-23(2)3)33(22-27-19-13-12-14-24(27)4)30(34)20-28(25-15-8-6-9-16-25)26-17-10-7-11-18-26/h6-19,23,28-29H,5,20-22H2,1-4H3,(H,32,35). The van der Waals surface area contributed by atoms with Gasteiger partial charge in [0, 0.05) is 25.4 Å². The van der Waals surface area contributed by atoms with Gasteiger partial charge in [-0.25, -0.2) is 0 Å². The fraction of sp³-hybridized carbons (Fsp3) is 0.355. The molecule has 1 unspecified atom stereocenters. The van der Waals surface area contributed by atoms with Gasteiger partial charge in [-0.1, -0.05) is 106 Å². The van der Waals surface area contributed by atoms with Crippen molar-refractivity contribution >= 4 is 11.8 Å². The molecule has 0 aromatic heterocycles. The van der Waals surface area contributed by atoms with Crippen LogP contribution in [-0.2, 0) is 16.1 Å². The van der Waals surface area contributed by atoms with Crippen LogP contribution < -0.4 is 5.32 Å². The molecule has 3 rings (SSSR count). The molecule has 0 spiro atoms. The van der Waals surface area contributed by atoms with Crippen LogP contribution in [0.4, 0.5) is 0 Å². The smallest absolute Gasteiger partial charge is 0.242 e. The number of hydrogen-bond acceptors (Lipinski definition) is 2. The summed E-state index contributed by atoms with van der Waals surface area (Å²) in [6, 6.07) is 27.9. The van der Waals surface area contributed by atoms with Crippen molar-refractivity contribution in [3.05, 3.63) is 107 Å². The first-order valence-corrected chi connectivity index (χ1v) is 12.6. The van der Waals surface area contributed by atoms with Gasteiger partial charge in [-0.2, -0.15) is 0 Å². The van der Waals surface area contributed by atoms with Crippen molar-refractivity contribution in [2.24, 2.45) is 5.92 Å². The molecular formula is C31H38N2O2. The van der Waals surface area contributed by atoms with E-state index in [1.165, 1.54) is 0 Å². The highest BCUT2D eigenvalue weighted by atomic mass is 16.2. The first kappa shape index (κ1) is 26.2. The average Bonchev–Trinajstić information content (AvgIpc) is 2.87. The zero-order chi connectivity index (χ0) is 25.2. The third-order valence-electron chi connectivity index (χ3n) is 6.46. The van der Waals surface area contributed by atoms with Crippen molar-refractivity contribution in [3.8, 4) is 0 Å². The second-order valence-electron chi connectivity index (χ2n) is 9.59. The number of rotatable bonds is 11. The van der Waals surface area contributed by atoms with Crippen molar-refractivity contribution in [3.63, 3.8) is 0 Å². The minimum absolute atomic E-state index is 0.0162. The van der Waals surface area contributed by atoms with Gasteiger partial charge in [-0.15, -0.1) is 0 Å². The van der Waals surface area contributed by atoms with Gasteiger partial charge in [0.25, 0.3) is 0 Å². The van der Waals surface area contributed by atoms with E-state index >= 15 is 0 Å². The Morgan fingerprint density at radius 1 is 0.829 bits per heavy atom. The third kappa shape index (κ3) is 7.29. The molecule has 0 saturated carbocycles. The number of nitrogens with zero attached hydrogens (tertiary/aromatic N) is 1. The monoisotopic (exact) mass is 470 g/mol. The SMILES string of the molecule is CCC(C(=O)NCC(C)C)N(Cc1ccccc1C)C(=O)CC(c1ccccc1)c1ccccc1. The normalized spacial score (nSPS) is 11.9. The molecule has 35 heavy (non-hydrogen) atoms. The molecule has 0 aliphatic heterocycles. The van der Waals surface area contributed by atoms with Crippen molar-refractivity contribution in [1.29, 1.82) is 0 Å². The van der Waals surface area contributed by atoms with Crippen LogP contribution in [0.2, 0.25) is 0 Å². The summed E-state index contributed by atoms with van der Waals surface area (Å²) >= 11 is 0. The lowest BCUT2D eigenvalue weighted by Crippen LogP contribution is -2.49. The van der Waals surface area contributed by atoms with Gasteiger partial charge in [-0.05, 0) is 41.5 Å². The van der Waals surface area contributed by atoms with Crippen LogP contribution in [0.15, 0.2) is 84.9 Å². The summed E-state index contributed by atoms with van der Waals surface area (Å²) in [5.41, 5.74) is 4.37. The number of carbonyl (C=O) groups excluding carboxylic acids is 2. The third-order valence-corrected chi connectivity index (χ3v) is 6.46. The minimum atomic E-state index is -0.520. The lowest BCUT2D eigenvalue weighted by atomic mass is 9.88. The summed E-state index contributed by atoms with van der Waals surface area (Å²) in [6.07, 6.45) is 0.858. The predicted octanol–water partition coefficient (Wildman–Crippen LogP) is 6.10. The van der Waals surface area contributed by atoms with Crippen LogP contribution in [0.3, 0.4) is 0 Å². The van der Waals surface area contributed by atoms with E-state index in [2.05, 4.69) is 56.4 Å². The number of amides is 2. The van der Waals surface area contributed by atoms with Crippen molar-refractivity contribution in [2.75, 3.05) is 6.54 Å². The lowest BCUT2D eigenvalue weighted by Gasteiger charge is -2.32. The zero-order valence-electron chi connectivity index (χ0n) is 21.4. The van der Waals surface area contributed by atoms with E-state index in [0.29, 0.717) is 31.8 Å². The second kappa shape index (κ2) is 12.9. The first-order valence-electron chi connectivity index (χ1n) is 12.6. The molecule has 0 heterocycles. The number of carbonyl (C=O) groups is 2. The highest BCUT2D eigenvalue weighted by Gasteiger charge is 2.31. The van der Waals surface area contributed by atoms with Gasteiger partial charge in [0.05, 0.1) is 0 Å². The summed E-state index contributed by atoms with van der Waals surface area (Å²) < 4.78 is 0. The molecule has 184 valence electrons. The Balaban J connectivity index is 1.94. The van der Waals surface area contributed by atoms with E-state index < -0.39 is 6.04 Å². The highest BCUT2D eigenvalue weighted by molar-refractivity contribution is 5.88. The molecule has 0 saturated heterocycles. The molecule has 1 N–H and O–H groups in total. The molecular weight excluding hydrogens is 432 g/mol. The lowest BCUT2D eigenvalue weighted by molar-refractivity contribution is -0.141.